The normalized spacial score (nSPS) is 12.9. The average Bonchev–Trinajstić information content (AvgIpc) is 2.75. The number of anilines is 1. The highest BCUT2D eigenvalue weighted by molar-refractivity contribution is 5.88. The van der Waals surface area contributed by atoms with Crippen LogP contribution in [0.5, 0.6) is 0 Å². The summed E-state index contributed by atoms with van der Waals surface area (Å²) in [5, 5.41) is 3.27. The Morgan fingerprint density at radius 2 is 2.22 bits per heavy atom. The maximum atomic E-state index is 11.9. The Morgan fingerprint density at radius 1 is 1.39 bits per heavy atom. The third kappa shape index (κ3) is 1.64. The zero-order chi connectivity index (χ0) is 12.5. The van der Waals surface area contributed by atoms with Crippen molar-refractivity contribution in [2.45, 2.75) is 6.42 Å². The Balaban J connectivity index is 2.15. The summed E-state index contributed by atoms with van der Waals surface area (Å²) in [5.41, 5.74) is 2.67. The summed E-state index contributed by atoms with van der Waals surface area (Å²) in [6, 6.07) is 9.14. The van der Waals surface area contributed by atoms with Crippen molar-refractivity contribution < 1.29 is 18.7 Å². The Hall–Kier alpha value is -2.30. The Morgan fingerprint density at radius 3 is 3.06 bits per heavy atom. The molecule has 0 fully saturated rings. The number of nitrogens with one attached hydrogen (secondary N) is 1. The van der Waals surface area contributed by atoms with Gasteiger partial charge in [-0.2, -0.15) is 0 Å². The summed E-state index contributed by atoms with van der Waals surface area (Å²) in [5.74, 6) is -0.622. The molecule has 0 saturated carbocycles. The lowest BCUT2D eigenvalue weighted by Gasteiger charge is -2.05. The van der Waals surface area contributed by atoms with E-state index in [1.807, 2.05) is 24.3 Å². The van der Waals surface area contributed by atoms with Crippen LogP contribution in [0, 0.1) is 0 Å². The summed E-state index contributed by atoms with van der Waals surface area (Å²) >= 11 is 0. The Bertz CT molecular complexity index is 606. The largest absolute Gasteiger partial charge is 0.449 e. The predicted molar refractivity (Wildman–Crippen MR) is 62.9 cm³/mol. The van der Waals surface area contributed by atoms with Crippen molar-refractivity contribution in [1.29, 1.82) is 0 Å². The molecule has 5 heteroatoms. The van der Waals surface area contributed by atoms with E-state index in [4.69, 9.17) is 4.42 Å². The van der Waals surface area contributed by atoms with Crippen molar-refractivity contribution in [3.63, 3.8) is 0 Å². The lowest BCUT2D eigenvalue weighted by atomic mass is 10.1. The third-order valence-corrected chi connectivity index (χ3v) is 2.96. The van der Waals surface area contributed by atoms with Gasteiger partial charge in [-0.25, -0.2) is 9.74 Å². The third-order valence-electron chi connectivity index (χ3n) is 2.96. The maximum absolute atomic E-state index is 11.9. The van der Waals surface area contributed by atoms with Gasteiger partial charge in [0.25, 0.3) is 0 Å². The fourth-order valence-corrected chi connectivity index (χ4v) is 2.15. The molecule has 1 aromatic heterocycles. The van der Waals surface area contributed by atoms with Crippen LogP contribution in [0.2, 0.25) is 0 Å². The van der Waals surface area contributed by atoms with Gasteiger partial charge < -0.3 is 9.73 Å². The molecule has 92 valence electrons. The highest BCUT2D eigenvalue weighted by Crippen LogP contribution is 2.35. The smallest absolute Gasteiger partial charge is 0.414 e. The van der Waals surface area contributed by atoms with E-state index in [0.717, 1.165) is 23.4 Å². The van der Waals surface area contributed by atoms with Crippen LogP contribution in [0.1, 0.15) is 16.1 Å². The molecule has 0 amide bonds. The first-order valence-corrected chi connectivity index (χ1v) is 5.58. The number of halogens is 1. The average molecular weight is 247 g/mol. The van der Waals surface area contributed by atoms with E-state index >= 15 is 0 Å². The van der Waals surface area contributed by atoms with Gasteiger partial charge in [0.05, 0.1) is 0 Å². The van der Waals surface area contributed by atoms with Gasteiger partial charge in [-0.1, -0.05) is 12.1 Å². The first-order chi connectivity index (χ1) is 8.79. The van der Waals surface area contributed by atoms with Gasteiger partial charge in [-0.05, 0) is 24.6 Å². The van der Waals surface area contributed by atoms with E-state index in [-0.39, 0.29) is 5.76 Å². The van der Waals surface area contributed by atoms with E-state index in [9.17, 15) is 9.32 Å². The van der Waals surface area contributed by atoms with E-state index in [2.05, 4.69) is 10.3 Å². The lowest BCUT2D eigenvalue weighted by molar-refractivity contribution is -0.0811. The van der Waals surface area contributed by atoms with Crippen LogP contribution in [0.25, 0.3) is 11.3 Å². The highest BCUT2D eigenvalue weighted by Gasteiger charge is 2.22. The minimum absolute atomic E-state index is 0.112. The number of rotatable bonds is 1. The number of carbonyl (C=O) groups is 1. The molecular formula is C13H10FNO3. The second-order valence-corrected chi connectivity index (χ2v) is 4.05. The van der Waals surface area contributed by atoms with Crippen molar-refractivity contribution >= 4 is 11.7 Å². The fourth-order valence-electron chi connectivity index (χ4n) is 2.15. The van der Waals surface area contributed by atoms with Crippen molar-refractivity contribution in [1.82, 2.24) is 0 Å². The molecule has 2 aromatic rings. The minimum Gasteiger partial charge on any atom is -0.449 e. The van der Waals surface area contributed by atoms with Crippen molar-refractivity contribution in [3.8, 4) is 11.3 Å². The van der Waals surface area contributed by atoms with E-state index in [0.29, 0.717) is 12.2 Å². The molecule has 18 heavy (non-hydrogen) atoms. The Labute approximate surface area is 102 Å². The molecule has 2 heterocycles. The van der Waals surface area contributed by atoms with Gasteiger partial charge in [0.2, 0.25) is 5.76 Å². The van der Waals surface area contributed by atoms with E-state index in [1.165, 1.54) is 6.07 Å². The molecule has 0 atom stereocenters. The molecule has 1 aliphatic heterocycles. The van der Waals surface area contributed by atoms with Crippen LogP contribution in [0.15, 0.2) is 34.7 Å². The molecule has 4 nitrogen and oxygen atoms in total. The molecule has 0 unspecified atom stereocenters. The number of fused-ring (bicyclic) bond motifs is 3. The predicted octanol–water partition coefficient (Wildman–Crippen LogP) is 2.96. The molecule has 0 saturated heterocycles. The number of para-hydroxylation sites is 1. The summed E-state index contributed by atoms with van der Waals surface area (Å²) in [4.78, 5) is 14.3. The van der Waals surface area contributed by atoms with Crippen molar-refractivity contribution in [2.24, 2.45) is 0 Å². The van der Waals surface area contributed by atoms with Crippen LogP contribution in [-0.2, 0) is 11.4 Å². The fraction of sp³-hybridized carbons (Fsp3) is 0.154. The topological polar surface area (TPSA) is 51.5 Å². The van der Waals surface area contributed by atoms with Crippen molar-refractivity contribution in [3.05, 3.63) is 41.7 Å². The first-order valence-electron chi connectivity index (χ1n) is 5.58. The molecule has 1 N–H and O–H groups in total. The quantitative estimate of drug-likeness (QED) is 0.841. The minimum atomic E-state index is -1.10. The Kier molecular flexibility index (Phi) is 2.51. The van der Waals surface area contributed by atoms with Gasteiger partial charge in [0.15, 0.2) is 0 Å². The van der Waals surface area contributed by atoms with Gasteiger partial charge in [0, 0.05) is 27.9 Å². The number of hydrogen-bond acceptors (Lipinski definition) is 4. The van der Waals surface area contributed by atoms with Crippen molar-refractivity contribution in [2.75, 3.05) is 11.9 Å². The summed E-state index contributed by atoms with van der Waals surface area (Å²) in [7, 11) is 0. The number of furan rings is 1. The molecule has 0 bridgehead atoms. The summed E-state index contributed by atoms with van der Waals surface area (Å²) < 4.78 is 17.3. The maximum Gasteiger partial charge on any atom is 0.414 e. The highest BCUT2D eigenvalue weighted by atomic mass is 19.3. The molecule has 0 spiro atoms. The monoisotopic (exact) mass is 247 g/mol. The van der Waals surface area contributed by atoms with Crippen LogP contribution in [-0.4, -0.2) is 12.5 Å². The first kappa shape index (κ1) is 10.8. The summed E-state index contributed by atoms with van der Waals surface area (Å²) in [6.07, 6.45) is 0.701. The van der Waals surface area contributed by atoms with Gasteiger partial charge in [-0.15, -0.1) is 0 Å². The SMILES string of the molecule is O=C(OF)c1cc2c(o1)-c1ccccc1NCC2. The van der Waals surface area contributed by atoms with Crippen LogP contribution in [0.3, 0.4) is 0 Å². The number of hydrogen-bond donors (Lipinski definition) is 1. The van der Waals surface area contributed by atoms with Gasteiger partial charge in [0.1, 0.15) is 5.76 Å². The van der Waals surface area contributed by atoms with Crippen LogP contribution >= 0.6 is 0 Å². The standard InChI is InChI=1S/C13H10FNO3/c14-18-13(16)11-7-8-5-6-15-10-4-2-1-3-9(10)12(8)17-11/h1-4,7,15H,5-6H2. The lowest BCUT2D eigenvalue weighted by Crippen LogP contribution is -2.02. The van der Waals surface area contributed by atoms with Gasteiger partial charge >= 0.3 is 5.97 Å². The molecule has 3 rings (SSSR count). The molecular weight excluding hydrogens is 237 g/mol. The zero-order valence-corrected chi connectivity index (χ0v) is 9.40. The molecule has 0 aliphatic carbocycles. The van der Waals surface area contributed by atoms with E-state index in [1.54, 1.807) is 0 Å². The number of benzene rings is 1. The van der Waals surface area contributed by atoms with Gasteiger partial charge in [-0.3, -0.25) is 0 Å². The van der Waals surface area contributed by atoms with E-state index < -0.39 is 5.97 Å². The molecule has 1 aliphatic rings. The molecule has 0 radical (unpaired) electrons. The van der Waals surface area contributed by atoms with Crippen LogP contribution in [0.4, 0.5) is 10.2 Å². The second kappa shape index (κ2) is 4.18. The number of carbonyl (C=O) groups excluding carboxylic acids is 1. The second-order valence-electron chi connectivity index (χ2n) is 4.05. The van der Waals surface area contributed by atoms with Crippen LogP contribution < -0.4 is 5.32 Å². The molecule has 1 aromatic carbocycles. The zero-order valence-electron chi connectivity index (χ0n) is 9.40. The summed E-state index contributed by atoms with van der Waals surface area (Å²) in [6.45, 7) is 0.730.